The third-order valence-electron chi connectivity index (χ3n) is 5.17. The summed E-state index contributed by atoms with van der Waals surface area (Å²) in [6.45, 7) is 1.46. The Bertz CT molecular complexity index is 1520. The van der Waals surface area contributed by atoms with E-state index >= 15 is 8.78 Å². The summed E-state index contributed by atoms with van der Waals surface area (Å²) < 4.78 is 78.1. The average molecular weight is 568 g/mol. The number of benzene rings is 3. The van der Waals surface area contributed by atoms with Crippen molar-refractivity contribution in [2.45, 2.75) is 18.4 Å². The summed E-state index contributed by atoms with van der Waals surface area (Å²) in [5, 5.41) is 0.296. The number of aromatic nitrogens is 2. The molecule has 3 aromatic carbocycles. The van der Waals surface area contributed by atoms with E-state index in [-0.39, 0.29) is 17.4 Å². The zero-order valence-corrected chi connectivity index (χ0v) is 22.1. The molecule has 194 valence electrons. The molecule has 8 nitrogen and oxygen atoms in total. The maximum absolute atomic E-state index is 15.2. The molecule has 1 heterocycles. The Hall–Kier alpha value is -3.48. The summed E-state index contributed by atoms with van der Waals surface area (Å²) in [6.07, 6.45) is 1.16. The number of methoxy groups -OCH3 is 2. The van der Waals surface area contributed by atoms with Crippen LogP contribution in [0.2, 0.25) is 5.02 Å². The first kappa shape index (κ1) is 26.6. The van der Waals surface area contributed by atoms with Crippen LogP contribution in [0.1, 0.15) is 11.1 Å². The third kappa shape index (κ3) is 5.76. The van der Waals surface area contributed by atoms with Crippen LogP contribution >= 0.6 is 23.1 Å². The van der Waals surface area contributed by atoms with Gasteiger partial charge in [-0.2, -0.15) is 4.37 Å². The van der Waals surface area contributed by atoms with E-state index in [4.69, 9.17) is 25.8 Å². The SMILES string of the molecule is COc1ccc(CN(c2ncns2)S(=O)(=O)c2cc(F)c(Oc3cc(C)cc(Cl)c3)cc2F)c(OC)c1. The van der Waals surface area contributed by atoms with Crippen molar-refractivity contribution >= 4 is 38.3 Å². The fourth-order valence-corrected chi connectivity index (χ4v) is 5.93. The van der Waals surface area contributed by atoms with E-state index in [0.29, 0.717) is 34.2 Å². The van der Waals surface area contributed by atoms with Crippen molar-refractivity contribution in [3.05, 3.63) is 82.6 Å². The van der Waals surface area contributed by atoms with Crippen molar-refractivity contribution in [3.63, 3.8) is 0 Å². The summed E-state index contributed by atoms with van der Waals surface area (Å²) in [4.78, 5) is 3.07. The van der Waals surface area contributed by atoms with Crippen molar-refractivity contribution in [1.29, 1.82) is 0 Å². The standard InChI is InChI=1S/C24H20ClF2N3O5S2/c1-14-6-16(25)8-18(7-14)35-22-10-20(27)23(11-19(22)26)37(31,32)30(24-28-13-29-36-24)12-15-4-5-17(33-2)9-21(15)34-3/h4-11,13H,12H2,1-3H3. The van der Waals surface area contributed by atoms with Crippen LogP contribution in [0.25, 0.3) is 0 Å². The molecule has 0 saturated heterocycles. The Morgan fingerprint density at radius 3 is 2.41 bits per heavy atom. The highest BCUT2D eigenvalue weighted by atomic mass is 35.5. The van der Waals surface area contributed by atoms with Crippen molar-refractivity contribution in [2.75, 3.05) is 18.5 Å². The minimum Gasteiger partial charge on any atom is -0.497 e. The third-order valence-corrected chi connectivity index (χ3v) is 7.94. The largest absolute Gasteiger partial charge is 0.497 e. The van der Waals surface area contributed by atoms with E-state index in [1.807, 2.05) is 0 Å². The highest BCUT2D eigenvalue weighted by Gasteiger charge is 2.32. The number of rotatable bonds is 9. The normalized spacial score (nSPS) is 11.3. The maximum Gasteiger partial charge on any atom is 0.269 e. The topological polar surface area (TPSA) is 90.9 Å². The predicted octanol–water partition coefficient (Wildman–Crippen LogP) is 5.98. The Labute approximate surface area is 221 Å². The molecule has 0 atom stereocenters. The van der Waals surface area contributed by atoms with Gasteiger partial charge in [0.25, 0.3) is 10.0 Å². The molecular weight excluding hydrogens is 548 g/mol. The molecule has 0 aliphatic rings. The molecule has 0 saturated carbocycles. The first-order valence-corrected chi connectivity index (χ1v) is 13.2. The van der Waals surface area contributed by atoms with E-state index in [1.165, 1.54) is 20.3 Å². The Balaban J connectivity index is 1.73. The highest BCUT2D eigenvalue weighted by Crippen LogP contribution is 2.35. The zero-order chi connectivity index (χ0) is 26.7. The molecule has 4 rings (SSSR count). The number of ether oxygens (including phenoxy) is 3. The van der Waals surface area contributed by atoms with Crippen LogP contribution in [0.15, 0.2) is 59.8 Å². The molecule has 0 N–H and O–H groups in total. The summed E-state index contributed by atoms with van der Waals surface area (Å²) in [7, 11) is -1.77. The molecule has 4 aromatic rings. The maximum atomic E-state index is 15.2. The van der Waals surface area contributed by atoms with Gasteiger partial charge in [0.05, 0.1) is 20.8 Å². The first-order chi connectivity index (χ1) is 17.6. The van der Waals surface area contributed by atoms with Crippen molar-refractivity contribution in [3.8, 4) is 23.0 Å². The lowest BCUT2D eigenvalue weighted by Crippen LogP contribution is -2.31. The molecule has 0 amide bonds. The molecule has 37 heavy (non-hydrogen) atoms. The second-order valence-electron chi connectivity index (χ2n) is 7.69. The second-order valence-corrected chi connectivity index (χ2v) is 10.7. The molecule has 13 heteroatoms. The number of aryl methyl sites for hydroxylation is 1. The van der Waals surface area contributed by atoms with Gasteiger partial charge in [0.15, 0.2) is 11.6 Å². The summed E-state index contributed by atoms with van der Waals surface area (Å²) in [5.74, 6) is -1.82. The first-order valence-electron chi connectivity index (χ1n) is 10.6. The van der Waals surface area contributed by atoms with Crippen LogP contribution < -0.4 is 18.5 Å². The fraction of sp³-hybridized carbons (Fsp3) is 0.167. The average Bonchev–Trinajstić information content (AvgIpc) is 3.38. The summed E-state index contributed by atoms with van der Waals surface area (Å²) >= 11 is 6.78. The molecule has 0 radical (unpaired) electrons. The summed E-state index contributed by atoms with van der Waals surface area (Å²) in [5.41, 5.74) is 1.17. The van der Waals surface area contributed by atoms with Crippen molar-refractivity contribution in [1.82, 2.24) is 9.36 Å². The smallest absolute Gasteiger partial charge is 0.269 e. The van der Waals surface area contributed by atoms with E-state index < -0.39 is 32.3 Å². The molecule has 0 fully saturated rings. The van der Waals surface area contributed by atoms with Gasteiger partial charge in [0, 0.05) is 40.3 Å². The number of sulfonamides is 1. The van der Waals surface area contributed by atoms with Crippen LogP contribution in [0.3, 0.4) is 0 Å². The van der Waals surface area contributed by atoms with Gasteiger partial charge in [0.2, 0.25) is 5.13 Å². The van der Waals surface area contributed by atoms with E-state index in [9.17, 15) is 8.42 Å². The zero-order valence-electron chi connectivity index (χ0n) is 19.7. The van der Waals surface area contributed by atoms with E-state index in [1.54, 1.807) is 37.3 Å². The predicted molar refractivity (Wildman–Crippen MR) is 135 cm³/mol. The van der Waals surface area contributed by atoms with Gasteiger partial charge in [-0.25, -0.2) is 26.5 Å². The van der Waals surface area contributed by atoms with Gasteiger partial charge in [-0.3, -0.25) is 0 Å². The Morgan fingerprint density at radius 1 is 0.973 bits per heavy atom. The quantitative estimate of drug-likeness (QED) is 0.245. The monoisotopic (exact) mass is 567 g/mol. The van der Waals surface area contributed by atoms with Gasteiger partial charge in [0.1, 0.15) is 34.3 Å². The van der Waals surface area contributed by atoms with Gasteiger partial charge in [-0.15, -0.1) is 0 Å². The molecule has 0 bridgehead atoms. The molecule has 1 aromatic heterocycles. The number of anilines is 1. The van der Waals surface area contributed by atoms with Crippen molar-refractivity contribution < 1.29 is 31.4 Å². The number of halogens is 3. The van der Waals surface area contributed by atoms with Crippen LogP contribution in [0.4, 0.5) is 13.9 Å². The number of hydrogen-bond donors (Lipinski definition) is 0. The van der Waals surface area contributed by atoms with Gasteiger partial charge in [-0.05, 0) is 42.8 Å². The van der Waals surface area contributed by atoms with Gasteiger partial charge in [-0.1, -0.05) is 11.6 Å². The molecule has 0 aliphatic heterocycles. The molecule has 0 spiro atoms. The highest BCUT2D eigenvalue weighted by molar-refractivity contribution is 7.93. The van der Waals surface area contributed by atoms with Crippen LogP contribution in [-0.2, 0) is 16.6 Å². The van der Waals surface area contributed by atoms with Gasteiger partial charge < -0.3 is 14.2 Å². The van der Waals surface area contributed by atoms with Crippen LogP contribution in [0.5, 0.6) is 23.0 Å². The lowest BCUT2D eigenvalue weighted by Gasteiger charge is -2.23. The van der Waals surface area contributed by atoms with Gasteiger partial charge >= 0.3 is 0 Å². The van der Waals surface area contributed by atoms with E-state index in [0.717, 1.165) is 27.7 Å². The number of nitrogens with zero attached hydrogens (tertiary/aromatic N) is 3. The Morgan fingerprint density at radius 2 is 1.76 bits per heavy atom. The Kier molecular flexibility index (Phi) is 7.81. The van der Waals surface area contributed by atoms with Crippen LogP contribution in [0, 0.1) is 18.6 Å². The lowest BCUT2D eigenvalue weighted by molar-refractivity contribution is 0.391. The molecular formula is C24H20ClF2N3O5S2. The van der Waals surface area contributed by atoms with Crippen molar-refractivity contribution in [2.24, 2.45) is 0 Å². The molecule has 0 unspecified atom stereocenters. The molecule has 0 aliphatic carbocycles. The summed E-state index contributed by atoms with van der Waals surface area (Å²) in [6, 6.07) is 10.7. The fourth-order valence-electron chi connectivity index (χ4n) is 3.46. The minimum atomic E-state index is -4.66. The minimum absolute atomic E-state index is 0.0487. The van der Waals surface area contributed by atoms with Crippen LogP contribution in [-0.4, -0.2) is 32.0 Å². The number of hydrogen-bond acceptors (Lipinski definition) is 8. The van der Waals surface area contributed by atoms with E-state index in [2.05, 4.69) is 9.36 Å². The lowest BCUT2D eigenvalue weighted by atomic mass is 10.2. The second kappa shape index (κ2) is 10.9.